The van der Waals surface area contributed by atoms with Crippen LogP contribution in [0.5, 0.6) is 0 Å². The first kappa shape index (κ1) is 15.6. The Morgan fingerprint density at radius 2 is 2.00 bits per heavy atom. The maximum atomic E-state index is 11.8. The Balaban J connectivity index is 1.74. The van der Waals surface area contributed by atoms with Crippen LogP contribution in [-0.2, 0) is 11.2 Å². The van der Waals surface area contributed by atoms with E-state index in [2.05, 4.69) is 35.8 Å². The summed E-state index contributed by atoms with van der Waals surface area (Å²) in [6, 6.07) is 17.3. The third kappa shape index (κ3) is 4.64. The summed E-state index contributed by atoms with van der Waals surface area (Å²) in [5.74, 6) is -0.0593. The number of hydrogen-bond donors (Lipinski definition) is 2. The van der Waals surface area contributed by atoms with Gasteiger partial charge in [-0.05, 0) is 42.7 Å². The number of nitriles is 1. The molecular weight excluding hydrogens is 274 g/mol. The Kier molecular flexibility index (Phi) is 5.56. The number of benzene rings is 2. The lowest BCUT2D eigenvalue weighted by Crippen LogP contribution is -2.31. The molecule has 0 aliphatic heterocycles. The molecule has 0 saturated heterocycles. The largest absolute Gasteiger partial charge is 0.376 e. The molecule has 0 saturated carbocycles. The number of carbonyl (C=O) groups is 1. The van der Waals surface area contributed by atoms with Gasteiger partial charge in [-0.25, -0.2) is 0 Å². The number of amides is 1. The van der Waals surface area contributed by atoms with Crippen LogP contribution in [0.25, 0.3) is 0 Å². The summed E-state index contributed by atoms with van der Waals surface area (Å²) in [5, 5.41) is 14.7. The van der Waals surface area contributed by atoms with E-state index in [1.165, 1.54) is 11.1 Å². The third-order valence-corrected chi connectivity index (χ3v) is 3.42. The summed E-state index contributed by atoms with van der Waals surface area (Å²) < 4.78 is 0. The number of anilines is 1. The van der Waals surface area contributed by atoms with Gasteiger partial charge in [0.2, 0.25) is 5.91 Å². The molecule has 0 bridgehead atoms. The smallest absolute Gasteiger partial charge is 0.239 e. The summed E-state index contributed by atoms with van der Waals surface area (Å²) in [7, 11) is 0. The second-order valence-electron chi connectivity index (χ2n) is 5.07. The van der Waals surface area contributed by atoms with Crippen molar-refractivity contribution in [3.8, 4) is 6.07 Å². The lowest BCUT2D eigenvalue weighted by Gasteiger charge is -2.09. The molecule has 22 heavy (non-hydrogen) atoms. The lowest BCUT2D eigenvalue weighted by molar-refractivity contribution is -0.119. The third-order valence-electron chi connectivity index (χ3n) is 3.42. The van der Waals surface area contributed by atoms with Crippen molar-refractivity contribution in [1.29, 1.82) is 5.26 Å². The summed E-state index contributed by atoms with van der Waals surface area (Å²) >= 11 is 0. The second-order valence-corrected chi connectivity index (χ2v) is 5.07. The van der Waals surface area contributed by atoms with Crippen LogP contribution >= 0.6 is 0 Å². The summed E-state index contributed by atoms with van der Waals surface area (Å²) in [6.45, 7) is 2.88. The van der Waals surface area contributed by atoms with Gasteiger partial charge in [-0.2, -0.15) is 5.26 Å². The van der Waals surface area contributed by atoms with Crippen LogP contribution in [0.4, 0.5) is 5.69 Å². The van der Waals surface area contributed by atoms with E-state index < -0.39 is 0 Å². The van der Waals surface area contributed by atoms with E-state index in [0.29, 0.717) is 12.1 Å². The van der Waals surface area contributed by atoms with Crippen molar-refractivity contribution in [2.75, 3.05) is 18.4 Å². The fourth-order valence-electron chi connectivity index (χ4n) is 2.17. The van der Waals surface area contributed by atoms with Crippen LogP contribution in [-0.4, -0.2) is 19.0 Å². The van der Waals surface area contributed by atoms with Crippen LogP contribution in [0.2, 0.25) is 0 Å². The summed E-state index contributed by atoms with van der Waals surface area (Å²) in [5.41, 5.74) is 3.83. The number of nitrogens with zero attached hydrogens (tertiary/aromatic N) is 1. The molecule has 0 unspecified atom stereocenters. The molecule has 0 aliphatic carbocycles. The molecule has 0 atom stereocenters. The van der Waals surface area contributed by atoms with Gasteiger partial charge in [0, 0.05) is 12.2 Å². The summed E-state index contributed by atoms with van der Waals surface area (Å²) in [4.78, 5) is 11.8. The zero-order valence-electron chi connectivity index (χ0n) is 12.6. The number of carbonyl (C=O) groups excluding carboxylic acids is 1. The van der Waals surface area contributed by atoms with E-state index >= 15 is 0 Å². The van der Waals surface area contributed by atoms with Crippen molar-refractivity contribution in [2.24, 2.45) is 0 Å². The zero-order valence-corrected chi connectivity index (χ0v) is 12.6. The maximum absolute atomic E-state index is 11.8. The van der Waals surface area contributed by atoms with Gasteiger partial charge in [-0.1, -0.05) is 30.3 Å². The van der Waals surface area contributed by atoms with Crippen molar-refractivity contribution in [3.63, 3.8) is 0 Å². The standard InChI is InChI=1S/C18H19N3O/c1-14-5-2-3-7-16(14)9-10-20-18(22)13-21-17-8-4-6-15(11-17)12-19/h2-8,11,21H,9-10,13H2,1H3,(H,20,22). The predicted octanol–water partition coefficient (Wildman–Crippen LogP) is 2.64. The van der Waals surface area contributed by atoms with Crippen molar-refractivity contribution in [2.45, 2.75) is 13.3 Å². The van der Waals surface area contributed by atoms with Gasteiger partial charge in [0.1, 0.15) is 0 Å². The van der Waals surface area contributed by atoms with Gasteiger partial charge in [0.15, 0.2) is 0 Å². The second kappa shape index (κ2) is 7.84. The molecule has 0 radical (unpaired) electrons. The van der Waals surface area contributed by atoms with Gasteiger partial charge < -0.3 is 10.6 Å². The zero-order chi connectivity index (χ0) is 15.8. The molecular formula is C18H19N3O. The number of rotatable bonds is 6. The van der Waals surface area contributed by atoms with Crippen molar-refractivity contribution >= 4 is 11.6 Å². The molecule has 2 N–H and O–H groups in total. The molecule has 2 aromatic carbocycles. The molecule has 2 aromatic rings. The van der Waals surface area contributed by atoms with Crippen molar-refractivity contribution < 1.29 is 4.79 Å². The van der Waals surface area contributed by atoms with E-state index in [-0.39, 0.29) is 12.5 Å². The first-order valence-electron chi connectivity index (χ1n) is 7.24. The normalized spacial score (nSPS) is 9.82. The topological polar surface area (TPSA) is 64.9 Å². The van der Waals surface area contributed by atoms with Gasteiger partial charge in [-0.15, -0.1) is 0 Å². The van der Waals surface area contributed by atoms with Crippen LogP contribution in [0.15, 0.2) is 48.5 Å². The first-order valence-corrected chi connectivity index (χ1v) is 7.24. The fourth-order valence-corrected chi connectivity index (χ4v) is 2.17. The molecule has 1 amide bonds. The molecule has 112 valence electrons. The summed E-state index contributed by atoms with van der Waals surface area (Å²) in [6.07, 6.45) is 0.822. The Hall–Kier alpha value is -2.80. The highest BCUT2D eigenvalue weighted by Crippen LogP contribution is 2.09. The van der Waals surface area contributed by atoms with E-state index in [0.717, 1.165) is 12.1 Å². The van der Waals surface area contributed by atoms with Crippen LogP contribution in [0, 0.1) is 18.3 Å². The van der Waals surface area contributed by atoms with E-state index in [9.17, 15) is 4.79 Å². The average Bonchev–Trinajstić information content (AvgIpc) is 2.55. The van der Waals surface area contributed by atoms with E-state index in [1.807, 2.05) is 18.2 Å². The number of aryl methyl sites for hydroxylation is 1. The number of hydrogen-bond acceptors (Lipinski definition) is 3. The monoisotopic (exact) mass is 293 g/mol. The van der Waals surface area contributed by atoms with E-state index in [4.69, 9.17) is 5.26 Å². The Morgan fingerprint density at radius 3 is 2.77 bits per heavy atom. The van der Waals surface area contributed by atoms with Crippen LogP contribution in [0.3, 0.4) is 0 Å². The van der Waals surface area contributed by atoms with Crippen LogP contribution < -0.4 is 10.6 Å². The van der Waals surface area contributed by atoms with Crippen molar-refractivity contribution in [3.05, 3.63) is 65.2 Å². The van der Waals surface area contributed by atoms with Crippen molar-refractivity contribution in [1.82, 2.24) is 5.32 Å². The highest BCUT2D eigenvalue weighted by atomic mass is 16.1. The van der Waals surface area contributed by atoms with Gasteiger partial charge in [-0.3, -0.25) is 4.79 Å². The molecule has 4 heteroatoms. The highest BCUT2D eigenvalue weighted by Gasteiger charge is 2.02. The Morgan fingerprint density at radius 1 is 1.18 bits per heavy atom. The maximum Gasteiger partial charge on any atom is 0.239 e. The van der Waals surface area contributed by atoms with Gasteiger partial charge >= 0.3 is 0 Å². The van der Waals surface area contributed by atoms with Crippen LogP contribution in [0.1, 0.15) is 16.7 Å². The van der Waals surface area contributed by atoms with Gasteiger partial charge in [0.25, 0.3) is 0 Å². The molecule has 0 aliphatic rings. The molecule has 2 rings (SSSR count). The predicted molar refractivity (Wildman–Crippen MR) is 87.5 cm³/mol. The Bertz CT molecular complexity index is 689. The Labute approximate surface area is 130 Å². The minimum atomic E-state index is -0.0593. The minimum absolute atomic E-state index is 0.0593. The lowest BCUT2D eigenvalue weighted by atomic mass is 10.1. The highest BCUT2D eigenvalue weighted by molar-refractivity contribution is 5.80. The molecule has 0 aromatic heterocycles. The molecule has 4 nitrogen and oxygen atoms in total. The first-order chi connectivity index (χ1) is 10.7. The molecule has 0 spiro atoms. The molecule has 0 fully saturated rings. The molecule has 0 heterocycles. The van der Waals surface area contributed by atoms with Gasteiger partial charge in [0.05, 0.1) is 18.2 Å². The SMILES string of the molecule is Cc1ccccc1CCNC(=O)CNc1cccc(C#N)c1. The minimum Gasteiger partial charge on any atom is -0.376 e. The number of nitrogens with one attached hydrogen (secondary N) is 2. The average molecular weight is 293 g/mol. The quantitative estimate of drug-likeness (QED) is 0.860. The van der Waals surface area contributed by atoms with E-state index in [1.54, 1.807) is 18.2 Å². The fraction of sp³-hybridized carbons (Fsp3) is 0.222.